The molecule has 0 radical (unpaired) electrons. The van der Waals surface area contributed by atoms with Crippen LogP contribution in [0.5, 0.6) is 0 Å². The molecular weight excluding hydrogens is 384 g/mol. The number of hydrogen-bond donors (Lipinski definition) is 1. The molecule has 0 unspecified atom stereocenters. The van der Waals surface area contributed by atoms with Crippen LogP contribution in [0.15, 0.2) is 11.8 Å². The Morgan fingerprint density at radius 1 is 1.03 bits per heavy atom. The number of hydrogen-bond acceptors (Lipinski definition) is 2. The number of carbonyl (C=O) groups excluding carboxylic acids is 1. The fourth-order valence-electron chi connectivity index (χ4n) is 8.39. The zero-order valence-corrected chi connectivity index (χ0v) is 21.0. The van der Waals surface area contributed by atoms with Crippen molar-refractivity contribution in [3.05, 3.63) is 11.8 Å². The summed E-state index contributed by atoms with van der Waals surface area (Å²) in [6.45, 7) is 19.1. The van der Waals surface area contributed by atoms with Gasteiger partial charge in [-0.2, -0.15) is 0 Å². The van der Waals surface area contributed by atoms with Crippen molar-refractivity contribution in [1.29, 1.82) is 0 Å². The number of carbonyl (C=O) groups is 1. The van der Waals surface area contributed by atoms with Crippen molar-refractivity contribution in [2.24, 2.45) is 28.6 Å². The number of fused-ring (bicyclic) bond motifs is 5. The first-order valence-corrected chi connectivity index (χ1v) is 13.2. The van der Waals surface area contributed by atoms with E-state index in [1.807, 2.05) is 0 Å². The molecule has 4 rings (SSSR count). The van der Waals surface area contributed by atoms with Crippen molar-refractivity contribution in [2.45, 2.75) is 92.1 Å². The average Bonchev–Trinajstić information content (AvgIpc) is 3.00. The van der Waals surface area contributed by atoms with Crippen molar-refractivity contribution in [1.82, 2.24) is 4.90 Å². The Morgan fingerprint density at radius 3 is 2.32 bits per heavy atom. The molecule has 0 aromatic rings. The minimum absolute atomic E-state index is 0.0561. The number of piperidine rings is 1. The molecule has 1 heterocycles. The Morgan fingerprint density at radius 2 is 1.68 bits per heavy atom. The van der Waals surface area contributed by atoms with E-state index in [-0.39, 0.29) is 10.8 Å². The molecule has 3 aliphatic carbocycles. The maximum Gasteiger partial charge on any atom is 0.226 e. The van der Waals surface area contributed by atoms with E-state index < -0.39 is 5.60 Å². The van der Waals surface area contributed by atoms with E-state index in [0.717, 1.165) is 69.3 Å². The van der Waals surface area contributed by atoms with E-state index in [9.17, 15) is 9.90 Å². The zero-order chi connectivity index (χ0) is 22.7. The Hall–Kier alpha value is -0.870. The van der Waals surface area contributed by atoms with E-state index in [4.69, 9.17) is 0 Å². The van der Waals surface area contributed by atoms with Crippen LogP contribution in [0.25, 0.3) is 0 Å². The molecule has 3 fully saturated rings. The van der Waals surface area contributed by atoms with Crippen molar-refractivity contribution in [3.8, 4) is 0 Å². The molecule has 0 aromatic carbocycles. The lowest BCUT2D eigenvalue weighted by atomic mass is 9.48. The Labute approximate surface area is 190 Å². The van der Waals surface area contributed by atoms with Crippen molar-refractivity contribution in [2.75, 3.05) is 32.7 Å². The van der Waals surface area contributed by atoms with Crippen LogP contribution in [0.2, 0.25) is 0 Å². The largest absolute Gasteiger partial charge is 0.390 e. The highest BCUT2D eigenvalue weighted by Crippen LogP contribution is 2.66. The minimum atomic E-state index is -0.524. The molecule has 176 valence electrons. The second-order valence-corrected chi connectivity index (χ2v) is 11.9. The molecule has 0 spiro atoms. The maximum absolute atomic E-state index is 13.1. The van der Waals surface area contributed by atoms with Crippen LogP contribution in [-0.2, 0) is 4.79 Å². The molecule has 1 aliphatic heterocycles. The van der Waals surface area contributed by atoms with Gasteiger partial charge in [-0.25, -0.2) is 0 Å². The van der Waals surface area contributed by atoms with Crippen molar-refractivity contribution < 1.29 is 14.4 Å². The van der Waals surface area contributed by atoms with Gasteiger partial charge >= 0.3 is 0 Å². The Kier molecular flexibility index (Phi) is 5.91. The summed E-state index contributed by atoms with van der Waals surface area (Å²) in [5.41, 5.74) is 0.997. The van der Waals surface area contributed by atoms with E-state index in [2.05, 4.69) is 52.5 Å². The molecule has 0 aromatic heterocycles. The van der Waals surface area contributed by atoms with Gasteiger partial charge in [-0.1, -0.05) is 19.9 Å². The standard InChI is InChI=1S/C27H47N2O2/c1-7-29(8-2,9-3)19-18-28-23-11-10-20-21(25(23,4)15-14-24(28)30)12-16-26(5)22(20)13-17-27(26,6)31/h11,20-22,31H,7-10,12-19H2,1-6H3/q+1/t20-,21-,22+,25-,26+,27+/m0/s1. The molecule has 1 amide bonds. The number of likely N-dealkylation sites (tertiary alicyclic amines) is 1. The van der Waals surface area contributed by atoms with E-state index in [1.165, 1.54) is 12.1 Å². The quantitative estimate of drug-likeness (QED) is 0.603. The summed E-state index contributed by atoms with van der Waals surface area (Å²) in [4.78, 5) is 15.3. The maximum atomic E-state index is 13.1. The Bertz CT molecular complexity index is 731. The predicted octanol–water partition coefficient (Wildman–Crippen LogP) is 4.97. The molecule has 4 heteroatoms. The highest BCUT2D eigenvalue weighted by atomic mass is 16.3. The van der Waals surface area contributed by atoms with E-state index in [1.54, 1.807) is 0 Å². The number of aliphatic hydroxyl groups is 1. The van der Waals surface area contributed by atoms with Gasteiger partial charge in [0, 0.05) is 17.5 Å². The first-order valence-electron chi connectivity index (χ1n) is 13.2. The molecule has 1 saturated heterocycles. The van der Waals surface area contributed by atoms with Gasteiger partial charge in [0.15, 0.2) is 0 Å². The van der Waals surface area contributed by atoms with Gasteiger partial charge in [-0.15, -0.1) is 0 Å². The average molecular weight is 432 g/mol. The number of nitrogens with zero attached hydrogens (tertiary/aromatic N) is 2. The first kappa shape index (κ1) is 23.3. The monoisotopic (exact) mass is 431 g/mol. The molecule has 4 nitrogen and oxygen atoms in total. The number of likely N-dealkylation sites (N-methyl/N-ethyl adjacent to an activating group) is 1. The van der Waals surface area contributed by atoms with Crippen LogP contribution in [0, 0.1) is 28.6 Å². The van der Waals surface area contributed by atoms with Crippen molar-refractivity contribution >= 4 is 5.91 Å². The number of allylic oxidation sites excluding steroid dienone is 2. The molecule has 2 saturated carbocycles. The molecular formula is C27H47N2O2+. The fourth-order valence-corrected chi connectivity index (χ4v) is 8.39. The second-order valence-electron chi connectivity index (χ2n) is 11.9. The van der Waals surface area contributed by atoms with Gasteiger partial charge in [-0.3, -0.25) is 4.79 Å². The van der Waals surface area contributed by atoms with Gasteiger partial charge in [0.2, 0.25) is 5.91 Å². The van der Waals surface area contributed by atoms with Crippen LogP contribution in [0.4, 0.5) is 0 Å². The summed E-state index contributed by atoms with van der Waals surface area (Å²) >= 11 is 0. The van der Waals surface area contributed by atoms with Crippen LogP contribution < -0.4 is 0 Å². The predicted molar refractivity (Wildman–Crippen MR) is 126 cm³/mol. The third-order valence-corrected chi connectivity index (χ3v) is 11.2. The van der Waals surface area contributed by atoms with Gasteiger partial charge in [0.25, 0.3) is 0 Å². The lowest BCUT2D eigenvalue weighted by Gasteiger charge is -2.59. The van der Waals surface area contributed by atoms with Crippen LogP contribution in [0.1, 0.15) is 86.5 Å². The summed E-state index contributed by atoms with van der Waals surface area (Å²) in [5, 5.41) is 11.2. The van der Waals surface area contributed by atoms with Crippen LogP contribution >= 0.6 is 0 Å². The molecule has 0 bridgehead atoms. The first-order chi connectivity index (χ1) is 14.6. The lowest BCUT2D eigenvalue weighted by molar-refractivity contribution is -0.922. The molecule has 4 aliphatic rings. The summed E-state index contributed by atoms with van der Waals surface area (Å²) in [6, 6.07) is 0. The fraction of sp³-hybridized carbons (Fsp3) is 0.889. The summed E-state index contributed by atoms with van der Waals surface area (Å²) in [5.74, 6) is 2.27. The topological polar surface area (TPSA) is 40.5 Å². The Balaban J connectivity index is 1.61. The lowest BCUT2D eigenvalue weighted by Crippen LogP contribution is -2.58. The third kappa shape index (κ3) is 3.34. The number of quaternary nitrogens is 1. The van der Waals surface area contributed by atoms with Crippen molar-refractivity contribution in [3.63, 3.8) is 0 Å². The SMILES string of the molecule is CC[N+](CC)(CC)CCN1C(=O)CC[C@]2(C)C1=CC[C@@H]1[C@H]3CC[C@@](C)(O)[C@]3(C)CC[C@@H]12. The third-order valence-electron chi connectivity index (χ3n) is 11.2. The minimum Gasteiger partial charge on any atom is -0.390 e. The van der Waals surface area contributed by atoms with E-state index in [0.29, 0.717) is 30.1 Å². The zero-order valence-electron chi connectivity index (χ0n) is 21.0. The van der Waals surface area contributed by atoms with Gasteiger partial charge in [-0.05, 0) is 89.4 Å². The number of rotatable bonds is 6. The van der Waals surface area contributed by atoms with Crippen LogP contribution in [0.3, 0.4) is 0 Å². The second kappa shape index (κ2) is 7.87. The van der Waals surface area contributed by atoms with Gasteiger partial charge in [0.05, 0.1) is 38.3 Å². The summed E-state index contributed by atoms with van der Waals surface area (Å²) in [6.07, 6.45) is 9.68. The smallest absolute Gasteiger partial charge is 0.226 e. The van der Waals surface area contributed by atoms with Gasteiger partial charge < -0.3 is 14.5 Å². The normalized spacial score (nSPS) is 42.7. The molecule has 6 atom stereocenters. The molecule has 31 heavy (non-hydrogen) atoms. The van der Waals surface area contributed by atoms with Gasteiger partial charge in [0.1, 0.15) is 0 Å². The highest BCUT2D eigenvalue weighted by molar-refractivity contribution is 5.80. The van der Waals surface area contributed by atoms with E-state index >= 15 is 0 Å². The summed E-state index contributed by atoms with van der Waals surface area (Å²) < 4.78 is 1.09. The summed E-state index contributed by atoms with van der Waals surface area (Å²) in [7, 11) is 0. The number of amides is 1. The molecule has 1 N–H and O–H groups in total. The highest BCUT2D eigenvalue weighted by Gasteiger charge is 2.62. The van der Waals surface area contributed by atoms with Crippen LogP contribution in [-0.4, -0.2) is 58.7 Å².